The van der Waals surface area contributed by atoms with Gasteiger partial charge in [-0.15, -0.1) is 0 Å². The maximum Gasteiger partial charge on any atom is 0.266 e. The zero-order valence-electron chi connectivity index (χ0n) is 8.50. The van der Waals surface area contributed by atoms with Crippen LogP contribution in [0.1, 0.15) is 5.56 Å². The van der Waals surface area contributed by atoms with Crippen LogP contribution in [-0.2, 0) is 0 Å². The van der Waals surface area contributed by atoms with E-state index in [9.17, 15) is 13.6 Å². The summed E-state index contributed by atoms with van der Waals surface area (Å²) in [6.07, 6.45) is 0. The quantitative estimate of drug-likeness (QED) is 0.819. The topological polar surface area (TPSA) is 56.6 Å². The molecule has 0 aliphatic heterocycles. The fourth-order valence-corrected chi connectivity index (χ4v) is 1.44. The lowest BCUT2D eigenvalue weighted by Gasteiger charge is -2.02. The van der Waals surface area contributed by atoms with Crippen LogP contribution in [0.2, 0.25) is 0 Å². The van der Waals surface area contributed by atoms with Gasteiger partial charge < -0.3 is 4.98 Å². The van der Waals surface area contributed by atoms with Gasteiger partial charge in [0.05, 0.1) is 0 Å². The van der Waals surface area contributed by atoms with Crippen molar-refractivity contribution in [3.05, 3.63) is 57.9 Å². The van der Waals surface area contributed by atoms with Crippen LogP contribution in [0.3, 0.4) is 0 Å². The number of benzene rings is 1. The van der Waals surface area contributed by atoms with Gasteiger partial charge >= 0.3 is 0 Å². The monoisotopic (exact) mass is 232 g/mol. The van der Waals surface area contributed by atoms with E-state index in [-0.39, 0.29) is 16.8 Å². The first kappa shape index (κ1) is 11.0. The van der Waals surface area contributed by atoms with Gasteiger partial charge in [-0.05, 0) is 24.3 Å². The Morgan fingerprint density at radius 3 is 2.29 bits per heavy atom. The largest absolute Gasteiger partial charge is 0.321 e. The molecule has 0 radical (unpaired) electrons. The highest BCUT2D eigenvalue weighted by Gasteiger charge is 2.05. The number of halogens is 2. The van der Waals surface area contributed by atoms with Gasteiger partial charge in [-0.2, -0.15) is 5.26 Å². The Balaban J connectivity index is 2.58. The van der Waals surface area contributed by atoms with Gasteiger partial charge in [-0.3, -0.25) is 4.79 Å². The van der Waals surface area contributed by atoms with Gasteiger partial charge in [-0.1, -0.05) is 0 Å². The smallest absolute Gasteiger partial charge is 0.266 e. The molecule has 0 fully saturated rings. The van der Waals surface area contributed by atoms with Crippen molar-refractivity contribution in [1.29, 1.82) is 5.26 Å². The van der Waals surface area contributed by atoms with Gasteiger partial charge in [0, 0.05) is 17.3 Å². The number of aromatic amines is 1. The fraction of sp³-hybridized carbons (Fsp3) is 0. The van der Waals surface area contributed by atoms with Crippen molar-refractivity contribution in [2.24, 2.45) is 0 Å². The lowest BCUT2D eigenvalue weighted by Crippen LogP contribution is -2.10. The molecule has 0 saturated carbocycles. The van der Waals surface area contributed by atoms with Crippen molar-refractivity contribution in [3.63, 3.8) is 0 Å². The second kappa shape index (κ2) is 4.18. The normalized spacial score (nSPS) is 9.94. The molecule has 0 bridgehead atoms. The Bertz CT molecular complexity index is 651. The number of hydrogen-bond acceptors (Lipinski definition) is 2. The molecule has 0 saturated heterocycles. The third-order valence-electron chi connectivity index (χ3n) is 2.20. The molecule has 0 amide bonds. The third-order valence-corrected chi connectivity index (χ3v) is 2.20. The number of nitrogens with one attached hydrogen (secondary N) is 1. The van der Waals surface area contributed by atoms with E-state index >= 15 is 0 Å². The van der Waals surface area contributed by atoms with E-state index in [1.807, 2.05) is 0 Å². The summed E-state index contributed by atoms with van der Waals surface area (Å²) in [4.78, 5) is 13.7. The van der Waals surface area contributed by atoms with E-state index in [1.54, 1.807) is 6.07 Å². The molecular formula is C12H6F2N2O. The molecule has 0 atom stereocenters. The molecule has 0 spiro atoms. The van der Waals surface area contributed by atoms with Gasteiger partial charge in [0.2, 0.25) is 0 Å². The van der Waals surface area contributed by atoms with Crippen LogP contribution in [0.4, 0.5) is 8.78 Å². The molecule has 2 aromatic rings. The molecule has 0 unspecified atom stereocenters. The molecule has 0 aliphatic rings. The average molecular weight is 232 g/mol. The first-order valence-electron chi connectivity index (χ1n) is 4.70. The molecule has 2 rings (SSSR count). The second-order valence-electron chi connectivity index (χ2n) is 3.38. The molecule has 17 heavy (non-hydrogen) atoms. The van der Waals surface area contributed by atoms with Crippen LogP contribution >= 0.6 is 0 Å². The van der Waals surface area contributed by atoms with Crippen molar-refractivity contribution in [1.82, 2.24) is 4.98 Å². The van der Waals surface area contributed by atoms with Crippen molar-refractivity contribution < 1.29 is 8.78 Å². The van der Waals surface area contributed by atoms with Crippen molar-refractivity contribution in [2.75, 3.05) is 0 Å². The molecule has 3 nitrogen and oxygen atoms in total. The Morgan fingerprint density at radius 2 is 1.76 bits per heavy atom. The number of nitriles is 1. The van der Waals surface area contributed by atoms with E-state index in [0.717, 1.165) is 18.2 Å². The Kier molecular flexibility index (Phi) is 2.71. The number of aromatic nitrogens is 1. The van der Waals surface area contributed by atoms with Gasteiger partial charge in [0.1, 0.15) is 23.3 Å². The third kappa shape index (κ3) is 2.21. The summed E-state index contributed by atoms with van der Waals surface area (Å²) in [6, 6.07) is 7.37. The number of rotatable bonds is 1. The summed E-state index contributed by atoms with van der Waals surface area (Å²) < 4.78 is 26.0. The molecule has 1 aromatic carbocycles. The summed E-state index contributed by atoms with van der Waals surface area (Å²) in [7, 11) is 0. The Morgan fingerprint density at radius 1 is 1.12 bits per heavy atom. The van der Waals surface area contributed by atoms with Crippen molar-refractivity contribution in [3.8, 4) is 17.3 Å². The first-order chi connectivity index (χ1) is 8.10. The highest BCUT2D eigenvalue weighted by atomic mass is 19.1. The molecule has 5 heteroatoms. The van der Waals surface area contributed by atoms with Crippen LogP contribution < -0.4 is 5.56 Å². The Hall–Kier alpha value is -2.48. The van der Waals surface area contributed by atoms with Crippen LogP contribution in [-0.4, -0.2) is 4.98 Å². The first-order valence-corrected chi connectivity index (χ1v) is 4.70. The number of H-pyrrole nitrogens is 1. The standard InChI is InChI=1S/C12H6F2N2O/c13-9-3-8(4-10(14)5-9)11-2-1-7(6-15)12(17)16-11/h1-5H,(H,16,17). The van der Waals surface area contributed by atoms with Gasteiger partial charge in [0.25, 0.3) is 5.56 Å². The van der Waals surface area contributed by atoms with E-state index in [1.165, 1.54) is 12.1 Å². The second-order valence-corrected chi connectivity index (χ2v) is 3.38. The lowest BCUT2D eigenvalue weighted by atomic mass is 10.1. The SMILES string of the molecule is N#Cc1ccc(-c2cc(F)cc(F)c2)[nH]c1=O. The predicted molar refractivity (Wildman–Crippen MR) is 57.1 cm³/mol. The zero-order chi connectivity index (χ0) is 12.4. The van der Waals surface area contributed by atoms with Crippen LogP contribution in [0.15, 0.2) is 35.1 Å². The minimum Gasteiger partial charge on any atom is -0.321 e. The zero-order valence-corrected chi connectivity index (χ0v) is 8.50. The van der Waals surface area contributed by atoms with E-state index in [0.29, 0.717) is 0 Å². The van der Waals surface area contributed by atoms with E-state index in [4.69, 9.17) is 5.26 Å². The molecule has 0 aliphatic carbocycles. The summed E-state index contributed by atoms with van der Waals surface area (Å²) in [5, 5.41) is 8.58. The summed E-state index contributed by atoms with van der Waals surface area (Å²) in [6.45, 7) is 0. The fourth-order valence-electron chi connectivity index (χ4n) is 1.44. The van der Waals surface area contributed by atoms with E-state index in [2.05, 4.69) is 4.98 Å². The summed E-state index contributed by atoms with van der Waals surface area (Å²) in [5.41, 5.74) is -0.170. The number of hydrogen-bond donors (Lipinski definition) is 1. The van der Waals surface area contributed by atoms with Crippen LogP contribution in [0.5, 0.6) is 0 Å². The lowest BCUT2D eigenvalue weighted by molar-refractivity contribution is 0.584. The number of nitrogens with zero attached hydrogens (tertiary/aromatic N) is 1. The number of pyridine rings is 1. The molecule has 1 heterocycles. The predicted octanol–water partition coefficient (Wildman–Crippen LogP) is 2.19. The molecule has 84 valence electrons. The Labute approximate surface area is 95.0 Å². The van der Waals surface area contributed by atoms with Crippen LogP contribution in [0.25, 0.3) is 11.3 Å². The van der Waals surface area contributed by atoms with Crippen molar-refractivity contribution >= 4 is 0 Å². The maximum atomic E-state index is 13.0. The molecule has 1 aromatic heterocycles. The molecular weight excluding hydrogens is 226 g/mol. The van der Waals surface area contributed by atoms with Crippen LogP contribution in [0, 0.1) is 23.0 Å². The maximum absolute atomic E-state index is 13.0. The van der Waals surface area contributed by atoms with Gasteiger partial charge in [0.15, 0.2) is 0 Å². The summed E-state index contributed by atoms with van der Waals surface area (Å²) in [5.74, 6) is -1.46. The summed E-state index contributed by atoms with van der Waals surface area (Å²) >= 11 is 0. The minimum absolute atomic E-state index is 0.0503. The highest BCUT2D eigenvalue weighted by Crippen LogP contribution is 2.18. The van der Waals surface area contributed by atoms with E-state index < -0.39 is 17.2 Å². The van der Waals surface area contributed by atoms with Crippen molar-refractivity contribution in [2.45, 2.75) is 0 Å². The average Bonchev–Trinajstić information content (AvgIpc) is 2.27. The highest BCUT2D eigenvalue weighted by molar-refractivity contribution is 5.59. The minimum atomic E-state index is -0.731. The van der Waals surface area contributed by atoms with Gasteiger partial charge in [-0.25, -0.2) is 8.78 Å². The molecule has 1 N–H and O–H groups in total.